The van der Waals surface area contributed by atoms with E-state index in [0.717, 1.165) is 17.7 Å². The molecule has 3 rings (SSSR count). The maximum atomic E-state index is 13.9. The molecule has 0 radical (unpaired) electrons. The lowest BCUT2D eigenvalue weighted by Crippen LogP contribution is -2.35. The van der Waals surface area contributed by atoms with Crippen molar-refractivity contribution in [2.24, 2.45) is 0 Å². The third-order valence-corrected chi connectivity index (χ3v) is 4.41. The Kier molecular flexibility index (Phi) is 3.39. The molecule has 2 heterocycles. The molecule has 0 spiro atoms. The lowest BCUT2D eigenvalue weighted by Gasteiger charge is -2.34. The fraction of sp³-hybridized carbons (Fsp3) is 0.400. The summed E-state index contributed by atoms with van der Waals surface area (Å²) in [5, 5.41) is 3.09. The zero-order valence-corrected chi connectivity index (χ0v) is 13.5. The molecule has 0 saturated heterocycles. The summed E-state index contributed by atoms with van der Waals surface area (Å²) in [7, 11) is 0. The zero-order valence-electron chi connectivity index (χ0n) is 11.9. The summed E-state index contributed by atoms with van der Waals surface area (Å²) in [5.74, 6) is -1.37. The van der Waals surface area contributed by atoms with Crippen LogP contribution in [0.2, 0.25) is 0 Å². The topological polar surface area (TPSA) is 24.9 Å². The molecule has 118 valence electrons. The van der Waals surface area contributed by atoms with Gasteiger partial charge in [-0.3, -0.25) is 0 Å². The summed E-state index contributed by atoms with van der Waals surface area (Å²) in [4.78, 5) is 3.91. The second-order valence-electron chi connectivity index (χ2n) is 6.12. The standard InChI is InChI=1S/C15H13BrF4N2/c1-14(2)4-3-7-5-8-10(6-9(7)22-14)21-13(16)12(17)11(8)15(18,19)20/h5-6,22H,3-4H2,1-2H3. The molecule has 1 aliphatic rings. The number of anilines is 1. The van der Waals surface area contributed by atoms with Gasteiger partial charge in [0.25, 0.3) is 0 Å². The van der Waals surface area contributed by atoms with Gasteiger partial charge in [0.15, 0.2) is 5.82 Å². The van der Waals surface area contributed by atoms with Crippen molar-refractivity contribution in [3.05, 3.63) is 33.7 Å². The predicted octanol–water partition coefficient (Wildman–Crippen LogP) is 5.29. The maximum Gasteiger partial charge on any atom is 0.419 e. The second kappa shape index (κ2) is 4.81. The van der Waals surface area contributed by atoms with Crippen molar-refractivity contribution in [2.45, 2.75) is 38.4 Å². The molecule has 1 aliphatic heterocycles. The van der Waals surface area contributed by atoms with E-state index in [1.54, 1.807) is 6.07 Å². The van der Waals surface area contributed by atoms with Gasteiger partial charge in [-0.05, 0) is 60.3 Å². The van der Waals surface area contributed by atoms with Gasteiger partial charge in [-0.15, -0.1) is 0 Å². The van der Waals surface area contributed by atoms with E-state index in [4.69, 9.17) is 0 Å². The number of alkyl halides is 3. The van der Waals surface area contributed by atoms with Crippen molar-refractivity contribution in [2.75, 3.05) is 5.32 Å². The van der Waals surface area contributed by atoms with Crippen molar-refractivity contribution in [3.63, 3.8) is 0 Å². The summed E-state index contributed by atoms with van der Waals surface area (Å²) in [6.45, 7) is 4.05. The van der Waals surface area contributed by atoms with Crippen LogP contribution in [0, 0.1) is 5.82 Å². The Morgan fingerprint density at radius 2 is 1.95 bits per heavy atom. The number of pyridine rings is 1. The number of fused-ring (bicyclic) bond motifs is 2. The molecule has 0 aliphatic carbocycles. The van der Waals surface area contributed by atoms with Crippen molar-refractivity contribution >= 4 is 32.5 Å². The Morgan fingerprint density at radius 1 is 1.27 bits per heavy atom. The first-order valence-corrected chi connectivity index (χ1v) is 7.55. The quantitative estimate of drug-likeness (QED) is 0.498. The molecule has 22 heavy (non-hydrogen) atoms. The number of nitrogens with one attached hydrogen (secondary N) is 1. The minimum absolute atomic E-state index is 0.115. The molecule has 0 unspecified atom stereocenters. The van der Waals surface area contributed by atoms with Gasteiger partial charge in [0, 0.05) is 16.6 Å². The minimum Gasteiger partial charge on any atom is -0.380 e. The molecule has 1 N–H and O–H groups in total. The molecule has 1 aromatic heterocycles. The highest BCUT2D eigenvalue weighted by Crippen LogP contribution is 2.41. The SMILES string of the molecule is CC1(C)CCc2cc3c(C(F)(F)F)c(F)c(Br)nc3cc2N1. The molecule has 0 fully saturated rings. The van der Waals surface area contributed by atoms with Crippen LogP contribution in [0.1, 0.15) is 31.4 Å². The van der Waals surface area contributed by atoms with Gasteiger partial charge in [-0.2, -0.15) is 13.2 Å². The van der Waals surface area contributed by atoms with Crippen molar-refractivity contribution < 1.29 is 17.6 Å². The molecule has 0 bridgehead atoms. The molecule has 0 saturated carbocycles. The first-order chi connectivity index (χ1) is 10.1. The first-order valence-electron chi connectivity index (χ1n) is 6.75. The van der Waals surface area contributed by atoms with Gasteiger partial charge < -0.3 is 5.32 Å². The number of rotatable bonds is 0. The van der Waals surface area contributed by atoms with Crippen LogP contribution >= 0.6 is 15.9 Å². The van der Waals surface area contributed by atoms with Crippen LogP contribution in [0.25, 0.3) is 10.9 Å². The lowest BCUT2D eigenvalue weighted by atomic mass is 9.88. The second-order valence-corrected chi connectivity index (χ2v) is 6.88. The number of halogens is 5. The number of nitrogens with zero attached hydrogens (tertiary/aromatic N) is 1. The first kappa shape index (κ1) is 15.5. The van der Waals surface area contributed by atoms with E-state index < -0.39 is 22.2 Å². The van der Waals surface area contributed by atoms with Crippen molar-refractivity contribution in [1.29, 1.82) is 0 Å². The van der Waals surface area contributed by atoms with Crippen LogP contribution < -0.4 is 5.32 Å². The van der Waals surface area contributed by atoms with Gasteiger partial charge in [0.2, 0.25) is 0 Å². The van der Waals surface area contributed by atoms with E-state index in [1.807, 2.05) is 13.8 Å². The number of benzene rings is 1. The third-order valence-electron chi connectivity index (χ3n) is 3.89. The number of hydrogen-bond donors (Lipinski definition) is 1. The van der Waals surface area contributed by atoms with Gasteiger partial charge in [-0.1, -0.05) is 0 Å². The van der Waals surface area contributed by atoms with Crippen LogP contribution in [-0.2, 0) is 12.6 Å². The highest BCUT2D eigenvalue weighted by atomic mass is 79.9. The normalized spacial score (nSPS) is 17.2. The molecule has 0 atom stereocenters. The largest absolute Gasteiger partial charge is 0.419 e. The summed E-state index contributed by atoms with van der Waals surface area (Å²) in [5.41, 5.74) is 0.218. The third kappa shape index (κ3) is 2.55. The van der Waals surface area contributed by atoms with Gasteiger partial charge in [0.1, 0.15) is 10.2 Å². The average Bonchev–Trinajstić information content (AvgIpc) is 2.36. The Hall–Kier alpha value is -1.37. The minimum atomic E-state index is -4.77. The Bertz CT molecular complexity index is 768. The highest BCUT2D eigenvalue weighted by molar-refractivity contribution is 9.10. The maximum absolute atomic E-state index is 13.9. The van der Waals surface area contributed by atoms with Crippen molar-refractivity contribution in [1.82, 2.24) is 4.98 Å². The van der Waals surface area contributed by atoms with E-state index in [2.05, 4.69) is 26.2 Å². The predicted molar refractivity (Wildman–Crippen MR) is 80.4 cm³/mol. The number of hydrogen-bond acceptors (Lipinski definition) is 2. The van der Waals surface area contributed by atoms with E-state index in [0.29, 0.717) is 6.42 Å². The van der Waals surface area contributed by atoms with E-state index in [1.165, 1.54) is 6.07 Å². The molecule has 2 aromatic rings. The Labute approximate surface area is 133 Å². The summed E-state index contributed by atoms with van der Waals surface area (Å²) < 4.78 is 53.1. The van der Waals surface area contributed by atoms with E-state index in [-0.39, 0.29) is 16.4 Å². The van der Waals surface area contributed by atoms with E-state index >= 15 is 0 Å². The summed E-state index contributed by atoms with van der Waals surface area (Å²) in [6, 6.07) is 2.96. The molecule has 1 aromatic carbocycles. The Balaban J connectivity index is 2.31. The van der Waals surface area contributed by atoms with Gasteiger partial charge in [0.05, 0.1) is 5.52 Å². The molecular formula is C15H13BrF4N2. The van der Waals surface area contributed by atoms with Crippen LogP contribution in [0.3, 0.4) is 0 Å². The van der Waals surface area contributed by atoms with Crippen LogP contribution in [0.15, 0.2) is 16.7 Å². The fourth-order valence-electron chi connectivity index (χ4n) is 2.78. The number of aryl methyl sites for hydroxylation is 1. The zero-order chi connectivity index (χ0) is 16.3. The lowest BCUT2D eigenvalue weighted by molar-refractivity contribution is -0.138. The molecule has 0 amide bonds. The monoisotopic (exact) mass is 376 g/mol. The summed E-state index contributed by atoms with van der Waals surface area (Å²) in [6.07, 6.45) is -3.34. The van der Waals surface area contributed by atoms with Crippen LogP contribution in [-0.4, -0.2) is 10.5 Å². The Morgan fingerprint density at radius 3 is 2.59 bits per heavy atom. The molecule has 2 nitrogen and oxygen atoms in total. The van der Waals surface area contributed by atoms with E-state index in [9.17, 15) is 17.6 Å². The molecule has 7 heteroatoms. The van der Waals surface area contributed by atoms with Crippen LogP contribution in [0.4, 0.5) is 23.2 Å². The smallest absolute Gasteiger partial charge is 0.380 e. The van der Waals surface area contributed by atoms with Crippen molar-refractivity contribution in [3.8, 4) is 0 Å². The van der Waals surface area contributed by atoms with Gasteiger partial charge in [-0.25, -0.2) is 9.37 Å². The van der Waals surface area contributed by atoms with Crippen LogP contribution in [0.5, 0.6) is 0 Å². The number of aromatic nitrogens is 1. The fourth-order valence-corrected chi connectivity index (χ4v) is 3.17. The average molecular weight is 377 g/mol. The van der Waals surface area contributed by atoms with Gasteiger partial charge >= 0.3 is 6.18 Å². The molecular weight excluding hydrogens is 364 g/mol. The summed E-state index contributed by atoms with van der Waals surface area (Å²) >= 11 is 2.77. The highest BCUT2D eigenvalue weighted by Gasteiger charge is 2.38.